The maximum atomic E-state index is 12.8. The molecular formula is C16H17BrN2O. The zero-order valence-electron chi connectivity index (χ0n) is 11.7. The highest BCUT2D eigenvalue weighted by molar-refractivity contribution is 9.10. The predicted octanol–water partition coefficient (Wildman–Crippen LogP) is 3.20. The van der Waals surface area contributed by atoms with Gasteiger partial charge in [-0.15, -0.1) is 0 Å². The molecule has 2 heterocycles. The molecule has 3 nitrogen and oxygen atoms in total. The number of aryl methyl sites for hydroxylation is 2. The Morgan fingerprint density at radius 2 is 2.10 bits per heavy atom. The maximum Gasteiger partial charge on any atom is 0.263 e. The van der Waals surface area contributed by atoms with Gasteiger partial charge in [0.15, 0.2) is 0 Å². The Kier molecular flexibility index (Phi) is 3.52. The van der Waals surface area contributed by atoms with Crippen LogP contribution >= 0.6 is 15.9 Å². The molecule has 0 radical (unpaired) electrons. The van der Waals surface area contributed by atoms with Gasteiger partial charge in [-0.2, -0.15) is 0 Å². The molecule has 0 amide bonds. The minimum Gasteiger partial charge on any atom is -0.312 e. The second kappa shape index (κ2) is 5.19. The molecule has 0 saturated heterocycles. The summed E-state index contributed by atoms with van der Waals surface area (Å²) >= 11 is 3.53. The van der Waals surface area contributed by atoms with Gasteiger partial charge in [-0.1, -0.05) is 17.7 Å². The summed E-state index contributed by atoms with van der Waals surface area (Å²) in [5.41, 5.74) is 5.31. The number of benzene rings is 1. The second-order valence-corrected chi connectivity index (χ2v) is 6.14. The predicted molar refractivity (Wildman–Crippen MR) is 83.2 cm³/mol. The summed E-state index contributed by atoms with van der Waals surface area (Å²) in [7, 11) is 0. The fraction of sp³-hybridized carbons (Fsp3) is 0.312. The van der Waals surface area contributed by atoms with E-state index in [9.17, 15) is 4.79 Å². The molecule has 0 fully saturated rings. The molecule has 0 unspecified atom stereocenters. The van der Waals surface area contributed by atoms with Crippen LogP contribution in [0.2, 0.25) is 0 Å². The van der Waals surface area contributed by atoms with Crippen LogP contribution in [0.15, 0.2) is 28.9 Å². The van der Waals surface area contributed by atoms with Crippen molar-refractivity contribution < 1.29 is 4.79 Å². The van der Waals surface area contributed by atoms with E-state index < -0.39 is 0 Å². The van der Waals surface area contributed by atoms with Gasteiger partial charge in [-0.05, 0) is 53.0 Å². The third kappa shape index (κ3) is 2.23. The van der Waals surface area contributed by atoms with Crippen molar-refractivity contribution in [2.75, 3.05) is 6.54 Å². The van der Waals surface area contributed by atoms with Crippen LogP contribution in [0, 0.1) is 13.8 Å². The molecule has 1 aromatic carbocycles. The molecule has 1 aliphatic rings. The first-order valence-electron chi connectivity index (χ1n) is 6.79. The number of aromatic nitrogens is 1. The van der Waals surface area contributed by atoms with E-state index >= 15 is 0 Å². The Balaban J connectivity index is 2.09. The summed E-state index contributed by atoms with van der Waals surface area (Å²) in [6.45, 7) is 5.79. The van der Waals surface area contributed by atoms with E-state index in [-0.39, 0.29) is 5.91 Å². The number of nitrogens with zero attached hydrogens (tertiary/aromatic N) is 1. The summed E-state index contributed by atoms with van der Waals surface area (Å²) in [5.74, 6) is 0.0533. The third-order valence-corrected chi connectivity index (χ3v) is 4.40. The van der Waals surface area contributed by atoms with Crippen molar-refractivity contribution in [1.29, 1.82) is 0 Å². The van der Waals surface area contributed by atoms with Crippen molar-refractivity contribution in [3.05, 3.63) is 56.8 Å². The molecule has 1 N–H and O–H groups in total. The summed E-state index contributed by atoms with van der Waals surface area (Å²) in [4.78, 5) is 12.8. The number of rotatable bonds is 1. The number of carbonyl (C=O) groups excluding carboxylic acids is 1. The second-order valence-electron chi connectivity index (χ2n) is 5.32. The SMILES string of the molecule is Cc1ccc(C(=O)n2c(Br)cc3c2CCNC3)c(C)c1. The van der Waals surface area contributed by atoms with Crippen LogP contribution in [0.25, 0.3) is 0 Å². The van der Waals surface area contributed by atoms with Gasteiger partial charge in [-0.3, -0.25) is 9.36 Å². The minimum absolute atomic E-state index is 0.0533. The number of nitrogens with one attached hydrogen (secondary N) is 1. The Morgan fingerprint density at radius 3 is 2.85 bits per heavy atom. The zero-order valence-corrected chi connectivity index (χ0v) is 13.3. The maximum absolute atomic E-state index is 12.8. The summed E-state index contributed by atoms with van der Waals surface area (Å²) < 4.78 is 2.66. The van der Waals surface area contributed by atoms with Crippen molar-refractivity contribution in [3.8, 4) is 0 Å². The molecule has 1 aliphatic heterocycles. The summed E-state index contributed by atoms with van der Waals surface area (Å²) in [6.07, 6.45) is 0.886. The van der Waals surface area contributed by atoms with Crippen LogP contribution < -0.4 is 5.32 Å². The standard InChI is InChI=1S/C16H17BrN2O/c1-10-3-4-13(11(2)7-10)16(20)19-14-5-6-18-9-12(14)8-15(19)17/h3-4,7-8,18H,5-6,9H2,1-2H3. The van der Waals surface area contributed by atoms with Gasteiger partial charge in [0.1, 0.15) is 0 Å². The number of halogens is 1. The van der Waals surface area contributed by atoms with Gasteiger partial charge in [0.05, 0.1) is 4.60 Å². The number of fused-ring (bicyclic) bond motifs is 1. The van der Waals surface area contributed by atoms with Gasteiger partial charge in [-0.25, -0.2) is 0 Å². The van der Waals surface area contributed by atoms with E-state index in [1.807, 2.05) is 36.6 Å². The first kappa shape index (κ1) is 13.6. The average Bonchev–Trinajstić information content (AvgIpc) is 2.73. The van der Waals surface area contributed by atoms with E-state index in [1.54, 1.807) is 0 Å². The van der Waals surface area contributed by atoms with Crippen molar-refractivity contribution >= 4 is 21.8 Å². The number of hydrogen-bond acceptors (Lipinski definition) is 2. The van der Waals surface area contributed by atoms with Crippen LogP contribution in [0.3, 0.4) is 0 Å². The molecule has 0 saturated carbocycles. The van der Waals surface area contributed by atoms with Crippen molar-refractivity contribution in [2.24, 2.45) is 0 Å². The van der Waals surface area contributed by atoms with E-state index in [4.69, 9.17) is 0 Å². The van der Waals surface area contributed by atoms with Crippen molar-refractivity contribution in [1.82, 2.24) is 9.88 Å². The van der Waals surface area contributed by atoms with Crippen molar-refractivity contribution in [2.45, 2.75) is 26.8 Å². The molecule has 4 heteroatoms. The fourth-order valence-electron chi connectivity index (χ4n) is 2.81. The van der Waals surface area contributed by atoms with Crippen LogP contribution in [-0.4, -0.2) is 17.0 Å². The summed E-state index contributed by atoms with van der Waals surface area (Å²) in [5, 5.41) is 3.33. The normalized spacial score (nSPS) is 14.2. The Hall–Kier alpha value is -1.39. The smallest absolute Gasteiger partial charge is 0.263 e. The van der Waals surface area contributed by atoms with Gasteiger partial charge in [0, 0.05) is 30.8 Å². The molecule has 0 spiro atoms. The van der Waals surface area contributed by atoms with Gasteiger partial charge < -0.3 is 5.32 Å². The van der Waals surface area contributed by atoms with Gasteiger partial charge in [0.2, 0.25) is 0 Å². The van der Waals surface area contributed by atoms with Gasteiger partial charge in [0.25, 0.3) is 5.91 Å². The molecule has 20 heavy (non-hydrogen) atoms. The van der Waals surface area contributed by atoms with E-state index in [0.717, 1.165) is 40.9 Å². The third-order valence-electron chi connectivity index (χ3n) is 3.82. The zero-order chi connectivity index (χ0) is 14.3. The lowest BCUT2D eigenvalue weighted by Gasteiger charge is -2.17. The lowest BCUT2D eigenvalue weighted by atomic mass is 10.0. The first-order valence-corrected chi connectivity index (χ1v) is 7.59. The number of hydrogen-bond donors (Lipinski definition) is 1. The highest BCUT2D eigenvalue weighted by Gasteiger charge is 2.22. The lowest BCUT2D eigenvalue weighted by Crippen LogP contribution is -2.26. The highest BCUT2D eigenvalue weighted by Crippen LogP contribution is 2.26. The van der Waals surface area contributed by atoms with Crippen LogP contribution in [0.4, 0.5) is 0 Å². The molecule has 1 aromatic heterocycles. The fourth-order valence-corrected chi connectivity index (χ4v) is 3.46. The number of carbonyl (C=O) groups is 1. The Bertz CT molecular complexity index is 688. The first-order chi connectivity index (χ1) is 9.58. The van der Waals surface area contributed by atoms with E-state index in [2.05, 4.69) is 27.3 Å². The topological polar surface area (TPSA) is 34.0 Å². The minimum atomic E-state index is 0.0533. The largest absolute Gasteiger partial charge is 0.312 e. The van der Waals surface area contributed by atoms with Crippen LogP contribution in [0.1, 0.15) is 32.7 Å². The van der Waals surface area contributed by atoms with Crippen LogP contribution in [0.5, 0.6) is 0 Å². The quantitative estimate of drug-likeness (QED) is 0.870. The van der Waals surface area contributed by atoms with Crippen LogP contribution in [-0.2, 0) is 13.0 Å². The molecular weight excluding hydrogens is 316 g/mol. The van der Waals surface area contributed by atoms with E-state index in [0.29, 0.717) is 0 Å². The lowest BCUT2D eigenvalue weighted by molar-refractivity contribution is 0.0954. The Morgan fingerprint density at radius 1 is 1.30 bits per heavy atom. The Labute approximate surface area is 127 Å². The molecule has 3 rings (SSSR count). The van der Waals surface area contributed by atoms with Gasteiger partial charge >= 0.3 is 0 Å². The molecule has 104 valence electrons. The molecule has 0 atom stereocenters. The van der Waals surface area contributed by atoms with E-state index in [1.165, 1.54) is 11.1 Å². The molecule has 0 aliphatic carbocycles. The monoisotopic (exact) mass is 332 g/mol. The highest BCUT2D eigenvalue weighted by atomic mass is 79.9. The summed E-state index contributed by atoms with van der Waals surface area (Å²) in [6, 6.07) is 8.01. The average molecular weight is 333 g/mol. The van der Waals surface area contributed by atoms with Crippen molar-refractivity contribution in [3.63, 3.8) is 0 Å². The molecule has 2 aromatic rings. The molecule has 0 bridgehead atoms.